The van der Waals surface area contributed by atoms with E-state index in [-0.39, 0.29) is 0 Å². The summed E-state index contributed by atoms with van der Waals surface area (Å²) in [5.41, 5.74) is 1.23. The molecule has 52 valence electrons. The van der Waals surface area contributed by atoms with E-state index in [0.717, 1.165) is 4.47 Å². The Morgan fingerprint density at radius 1 is 1.40 bits per heavy atom. The Kier molecular flexibility index (Phi) is 3.42. The predicted molar refractivity (Wildman–Crippen MR) is 57.2 cm³/mol. The molecule has 0 aliphatic heterocycles. The van der Waals surface area contributed by atoms with E-state index in [1.807, 2.05) is 16.2 Å². The zero-order valence-electron chi connectivity index (χ0n) is 5.22. The molecule has 0 bridgehead atoms. The van der Waals surface area contributed by atoms with Gasteiger partial charge in [-0.3, -0.25) is 0 Å². The molecule has 0 amide bonds. The van der Waals surface area contributed by atoms with Crippen molar-refractivity contribution in [1.82, 2.24) is 0 Å². The van der Waals surface area contributed by atoms with Crippen LogP contribution in [0.25, 0.3) is 6.08 Å². The first-order chi connectivity index (χ1) is 4.83. The summed E-state index contributed by atoms with van der Waals surface area (Å²) in [6.45, 7) is 0. The van der Waals surface area contributed by atoms with Gasteiger partial charge >= 0.3 is 0 Å². The van der Waals surface area contributed by atoms with Crippen molar-refractivity contribution < 1.29 is 0 Å². The molecule has 2 heteroatoms. The Morgan fingerprint density at radius 3 is 2.80 bits per heavy atom. The summed E-state index contributed by atoms with van der Waals surface area (Å²) in [7, 11) is 0. The molecule has 0 heterocycles. The quantitative estimate of drug-likeness (QED) is 0.691. The lowest BCUT2D eigenvalue weighted by Gasteiger charge is -1.91. The summed E-state index contributed by atoms with van der Waals surface area (Å²) in [5.74, 6) is 0. The van der Waals surface area contributed by atoms with Crippen LogP contribution in [-0.4, -0.2) is 0 Å². The number of benzene rings is 1. The van der Waals surface area contributed by atoms with Gasteiger partial charge in [0.2, 0.25) is 0 Å². The number of rotatable bonds is 1. The number of halogens is 2. The standard InChI is InChI=1S/C8H6BrI/c9-8-3-1-2-7(6-8)4-5-10/h1-6H/b5-4+. The Balaban J connectivity index is 2.95. The van der Waals surface area contributed by atoms with Crippen molar-refractivity contribution in [2.75, 3.05) is 0 Å². The summed E-state index contributed by atoms with van der Waals surface area (Å²) in [6.07, 6.45) is 2.06. The molecular weight excluding hydrogens is 303 g/mol. The van der Waals surface area contributed by atoms with Crippen LogP contribution < -0.4 is 0 Å². The fourth-order valence-corrected chi connectivity index (χ4v) is 1.52. The van der Waals surface area contributed by atoms with Gasteiger partial charge < -0.3 is 0 Å². The second-order valence-electron chi connectivity index (χ2n) is 1.85. The van der Waals surface area contributed by atoms with Crippen LogP contribution in [0.1, 0.15) is 5.56 Å². The zero-order chi connectivity index (χ0) is 7.40. The van der Waals surface area contributed by atoms with Gasteiger partial charge in [0.05, 0.1) is 0 Å². The predicted octanol–water partition coefficient (Wildman–Crippen LogP) is 3.85. The van der Waals surface area contributed by atoms with Crippen LogP contribution in [0.4, 0.5) is 0 Å². The second kappa shape index (κ2) is 4.13. The van der Waals surface area contributed by atoms with Crippen molar-refractivity contribution in [3.63, 3.8) is 0 Å². The molecule has 0 spiro atoms. The van der Waals surface area contributed by atoms with E-state index in [4.69, 9.17) is 0 Å². The summed E-state index contributed by atoms with van der Waals surface area (Å²) in [6, 6.07) is 8.19. The maximum absolute atomic E-state index is 3.40. The van der Waals surface area contributed by atoms with E-state index in [2.05, 4.69) is 56.7 Å². The zero-order valence-corrected chi connectivity index (χ0v) is 8.96. The van der Waals surface area contributed by atoms with Crippen molar-refractivity contribution in [3.05, 3.63) is 38.4 Å². The number of hydrogen-bond donors (Lipinski definition) is 0. The Morgan fingerprint density at radius 2 is 2.20 bits per heavy atom. The highest BCUT2D eigenvalue weighted by Crippen LogP contribution is 2.12. The maximum atomic E-state index is 3.40. The molecule has 1 aromatic carbocycles. The Hall–Kier alpha value is 0.170. The third-order valence-electron chi connectivity index (χ3n) is 1.10. The van der Waals surface area contributed by atoms with Crippen LogP contribution in [0.15, 0.2) is 32.8 Å². The van der Waals surface area contributed by atoms with Crippen molar-refractivity contribution in [3.8, 4) is 0 Å². The molecule has 0 N–H and O–H groups in total. The lowest BCUT2D eigenvalue weighted by Crippen LogP contribution is -1.68. The molecule has 0 radical (unpaired) electrons. The van der Waals surface area contributed by atoms with E-state index in [1.54, 1.807) is 0 Å². The Labute approximate surface area is 82.6 Å². The van der Waals surface area contributed by atoms with Gasteiger partial charge in [0.25, 0.3) is 0 Å². The first-order valence-corrected chi connectivity index (χ1v) is 4.89. The van der Waals surface area contributed by atoms with E-state index < -0.39 is 0 Å². The minimum absolute atomic E-state index is 1.12. The van der Waals surface area contributed by atoms with Gasteiger partial charge in [-0.2, -0.15) is 0 Å². The highest BCUT2D eigenvalue weighted by molar-refractivity contribution is 14.1. The van der Waals surface area contributed by atoms with Crippen LogP contribution in [0.2, 0.25) is 0 Å². The fraction of sp³-hybridized carbons (Fsp3) is 0. The summed E-state index contributed by atoms with van der Waals surface area (Å²) in [5, 5.41) is 0. The third kappa shape index (κ3) is 2.42. The molecule has 0 unspecified atom stereocenters. The average molecular weight is 309 g/mol. The van der Waals surface area contributed by atoms with Crippen LogP contribution in [0, 0.1) is 0 Å². The molecule has 0 aliphatic rings. The van der Waals surface area contributed by atoms with Crippen LogP contribution in [-0.2, 0) is 0 Å². The van der Waals surface area contributed by atoms with Crippen molar-refractivity contribution in [2.24, 2.45) is 0 Å². The van der Waals surface area contributed by atoms with E-state index in [9.17, 15) is 0 Å². The van der Waals surface area contributed by atoms with Crippen molar-refractivity contribution >= 4 is 44.6 Å². The smallest absolute Gasteiger partial charge is 0.0181 e. The summed E-state index contributed by atoms with van der Waals surface area (Å²) in [4.78, 5) is 0. The van der Waals surface area contributed by atoms with Crippen LogP contribution >= 0.6 is 38.5 Å². The van der Waals surface area contributed by atoms with Gasteiger partial charge in [-0.15, -0.1) is 0 Å². The molecule has 0 nitrogen and oxygen atoms in total. The lowest BCUT2D eigenvalue weighted by atomic mass is 10.2. The number of hydrogen-bond acceptors (Lipinski definition) is 0. The molecule has 0 saturated heterocycles. The van der Waals surface area contributed by atoms with E-state index >= 15 is 0 Å². The molecular formula is C8H6BrI. The van der Waals surface area contributed by atoms with E-state index in [0.29, 0.717) is 0 Å². The second-order valence-corrected chi connectivity index (χ2v) is 3.48. The SMILES string of the molecule is Brc1cccc(/C=C/I)c1. The van der Waals surface area contributed by atoms with Crippen molar-refractivity contribution in [2.45, 2.75) is 0 Å². The van der Waals surface area contributed by atoms with Gasteiger partial charge in [-0.05, 0) is 27.9 Å². The molecule has 1 aromatic rings. The molecule has 0 atom stereocenters. The van der Waals surface area contributed by atoms with Gasteiger partial charge in [-0.25, -0.2) is 0 Å². The lowest BCUT2D eigenvalue weighted by molar-refractivity contribution is 1.61. The highest BCUT2D eigenvalue weighted by Gasteiger charge is 1.85. The van der Waals surface area contributed by atoms with Gasteiger partial charge in [0.1, 0.15) is 0 Å². The topological polar surface area (TPSA) is 0 Å². The van der Waals surface area contributed by atoms with Crippen LogP contribution in [0.5, 0.6) is 0 Å². The minimum atomic E-state index is 1.12. The molecule has 0 aromatic heterocycles. The van der Waals surface area contributed by atoms with Gasteiger partial charge in [-0.1, -0.05) is 50.7 Å². The first kappa shape index (κ1) is 8.27. The molecule has 0 fully saturated rings. The normalized spacial score (nSPS) is 10.6. The third-order valence-corrected chi connectivity index (χ3v) is 1.96. The minimum Gasteiger partial charge on any atom is -0.0606 e. The molecule has 1 rings (SSSR count). The van der Waals surface area contributed by atoms with Crippen LogP contribution in [0.3, 0.4) is 0 Å². The first-order valence-electron chi connectivity index (χ1n) is 2.85. The Bertz CT molecular complexity index is 243. The molecule has 0 aliphatic carbocycles. The summed E-state index contributed by atoms with van der Waals surface area (Å²) >= 11 is 5.60. The molecule has 10 heavy (non-hydrogen) atoms. The largest absolute Gasteiger partial charge is 0.0606 e. The monoisotopic (exact) mass is 308 g/mol. The molecule has 0 saturated carbocycles. The van der Waals surface area contributed by atoms with Crippen molar-refractivity contribution in [1.29, 1.82) is 0 Å². The fourth-order valence-electron chi connectivity index (χ4n) is 0.683. The van der Waals surface area contributed by atoms with Gasteiger partial charge in [0, 0.05) is 4.47 Å². The average Bonchev–Trinajstić information content (AvgIpc) is 1.88. The summed E-state index contributed by atoms with van der Waals surface area (Å²) < 4.78 is 3.12. The maximum Gasteiger partial charge on any atom is 0.0181 e. The van der Waals surface area contributed by atoms with E-state index in [1.165, 1.54) is 5.56 Å². The van der Waals surface area contributed by atoms with Gasteiger partial charge in [0.15, 0.2) is 0 Å². The highest BCUT2D eigenvalue weighted by atomic mass is 127.